The van der Waals surface area contributed by atoms with Gasteiger partial charge in [-0.25, -0.2) is 4.39 Å². The zero-order valence-electron chi connectivity index (χ0n) is 10.5. The fourth-order valence-corrected chi connectivity index (χ4v) is 1.68. The van der Waals surface area contributed by atoms with Crippen molar-refractivity contribution < 1.29 is 14.3 Å². The number of phenols is 1. The summed E-state index contributed by atoms with van der Waals surface area (Å²) in [6.45, 7) is 2.04. The third-order valence-corrected chi connectivity index (χ3v) is 2.83. The average molecular weight is 259 g/mol. The van der Waals surface area contributed by atoms with E-state index in [4.69, 9.17) is 5.11 Å². The molecule has 0 saturated heterocycles. The Kier molecular flexibility index (Phi) is 3.80. The van der Waals surface area contributed by atoms with Gasteiger partial charge in [-0.15, -0.1) is 0 Å². The first kappa shape index (κ1) is 13.1. The zero-order valence-corrected chi connectivity index (χ0v) is 10.5. The molecule has 19 heavy (non-hydrogen) atoms. The van der Waals surface area contributed by atoms with Crippen molar-refractivity contribution in [2.24, 2.45) is 0 Å². The molecule has 3 nitrogen and oxygen atoms in total. The Hall–Kier alpha value is -2.36. The molecule has 2 rings (SSSR count). The molecule has 0 aliphatic heterocycles. The Morgan fingerprint density at radius 1 is 1.21 bits per heavy atom. The fourth-order valence-electron chi connectivity index (χ4n) is 1.68. The van der Waals surface area contributed by atoms with Gasteiger partial charge in [0.05, 0.1) is 0 Å². The van der Waals surface area contributed by atoms with E-state index in [1.165, 1.54) is 12.1 Å². The predicted molar refractivity (Wildman–Crippen MR) is 71.8 cm³/mol. The van der Waals surface area contributed by atoms with Crippen molar-refractivity contribution in [2.75, 3.05) is 5.32 Å². The quantitative estimate of drug-likeness (QED) is 0.830. The van der Waals surface area contributed by atoms with Gasteiger partial charge in [0.1, 0.15) is 0 Å². The number of aromatic hydroxyl groups is 1. The summed E-state index contributed by atoms with van der Waals surface area (Å²) in [7, 11) is 0. The van der Waals surface area contributed by atoms with Crippen molar-refractivity contribution in [1.82, 2.24) is 0 Å². The van der Waals surface area contributed by atoms with E-state index >= 15 is 0 Å². The van der Waals surface area contributed by atoms with Crippen molar-refractivity contribution in [3.8, 4) is 5.75 Å². The topological polar surface area (TPSA) is 49.3 Å². The molecule has 2 aromatic rings. The summed E-state index contributed by atoms with van der Waals surface area (Å²) in [4.78, 5) is 11.9. The second-order valence-corrected chi connectivity index (χ2v) is 4.17. The standard InChI is InChI=1S/C15H14FNO2/c1-2-10-3-5-11(6-4-10)15(19)17-12-7-8-14(18)13(16)9-12/h3-9,18H,2H2,1H3,(H,17,19). The summed E-state index contributed by atoms with van der Waals surface area (Å²) >= 11 is 0. The zero-order chi connectivity index (χ0) is 13.8. The van der Waals surface area contributed by atoms with Gasteiger partial charge >= 0.3 is 0 Å². The van der Waals surface area contributed by atoms with Crippen LogP contribution in [0.4, 0.5) is 10.1 Å². The van der Waals surface area contributed by atoms with Crippen LogP contribution >= 0.6 is 0 Å². The number of nitrogens with one attached hydrogen (secondary N) is 1. The first-order valence-corrected chi connectivity index (χ1v) is 5.99. The minimum atomic E-state index is -0.765. The number of hydrogen-bond acceptors (Lipinski definition) is 2. The second-order valence-electron chi connectivity index (χ2n) is 4.17. The van der Waals surface area contributed by atoms with Gasteiger partial charge in [0.25, 0.3) is 5.91 Å². The molecule has 0 aliphatic rings. The molecule has 0 unspecified atom stereocenters. The molecule has 0 aliphatic carbocycles. The van der Waals surface area contributed by atoms with Crippen molar-refractivity contribution >= 4 is 11.6 Å². The molecular weight excluding hydrogens is 245 g/mol. The molecule has 0 bridgehead atoms. The number of amides is 1. The maximum absolute atomic E-state index is 13.1. The summed E-state index contributed by atoms with van der Waals surface area (Å²) in [6, 6.07) is 10.9. The minimum Gasteiger partial charge on any atom is -0.505 e. The Balaban J connectivity index is 2.13. The summed E-state index contributed by atoms with van der Waals surface area (Å²) in [5.41, 5.74) is 1.96. The van der Waals surface area contributed by atoms with E-state index in [0.29, 0.717) is 11.3 Å². The highest BCUT2D eigenvalue weighted by atomic mass is 19.1. The fraction of sp³-hybridized carbons (Fsp3) is 0.133. The van der Waals surface area contributed by atoms with E-state index in [0.717, 1.165) is 18.1 Å². The van der Waals surface area contributed by atoms with E-state index in [2.05, 4.69) is 5.32 Å². The monoisotopic (exact) mass is 259 g/mol. The van der Waals surface area contributed by atoms with Crippen LogP contribution in [-0.4, -0.2) is 11.0 Å². The number of rotatable bonds is 3. The smallest absolute Gasteiger partial charge is 0.255 e. The highest BCUT2D eigenvalue weighted by Crippen LogP contribution is 2.20. The number of aryl methyl sites for hydroxylation is 1. The Morgan fingerprint density at radius 3 is 2.47 bits per heavy atom. The third-order valence-electron chi connectivity index (χ3n) is 2.83. The highest BCUT2D eigenvalue weighted by molar-refractivity contribution is 6.04. The third kappa shape index (κ3) is 3.10. The largest absolute Gasteiger partial charge is 0.505 e. The maximum atomic E-state index is 13.1. The van der Waals surface area contributed by atoms with Crippen LogP contribution in [0.15, 0.2) is 42.5 Å². The number of hydrogen-bond donors (Lipinski definition) is 2. The van der Waals surface area contributed by atoms with Crippen LogP contribution in [0.1, 0.15) is 22.8 Å². The van der Waals surface area contributed by atoms with Crippen molar-refractivity contribution in [1.29, 1.82) is 0 Å². The van der Waals surface area contributed by atoms with Crippen molar-refractivity contribution in [3.05, 3.63) is 59.4 Å². The number of anilines is 1. The molecule has 0 fully saturated rings. The molecule has 0 aromatic heterocycles. The van der Waals surface area contributed by atoms with Crippen LogP contribution in [0.5, 0.6) is 5.75 Å². The molecule has 98 valence electrons. The summed E-state index contributed by atoms with van der Waals surface area (Å²) in [5, 5.41) is 11.6. The average Bonchev–Trinajstić information content (AvgIpc) is 2.43. The molecule has 4 heteroatoms. The van der Waals surface area contributed by atoms with Crippen molar-refractivity contribution in [2.45, 2.75) is 13.3 Å². The van der Waals surface area contributed by atoms with Gasteiger partial charge in [-0.3, -0.25) is 4.79 Å². The van der Waals surface area contributed by atoms with Gasteiger partial charge in [0.2, 0.25) is 0 Å². The lowest BCUT2D eigenvalue weighted by atomic mass is 10.1. The molecule has 0 spiro atoms. The van der Waals surface area contributed by atoms with Gasteiger partial charge in [0, 0.05) is 17.3 Å². The molecule has 0 heterocycles. The Bertz CT molecular complexity index is 594. The van der Waals surface area contributed by atoms with Crippen LogP contribution in [0.3, 0.4) is 0 Å². The molecular formula is C15H14FNO2. The molecule has 0 atom stereocenters. The van der Waals surface area contributed by atoms with Gasteiger partial charge in [0.15, 0.2) is 11.6 Å². The lowest BCUT2D eigenvalue weighted by Gasteiger charge is -2.06. The molecule has 1 amide bonds. The van der Waals surface area contributed by atoms with Gasteiger partial charge in [-0.2, -0.15) is 0 Å². The molecule has 0 radical (unpaired) electrons. The van der Waals surface area contributed by atoms with Crippen LogP contribution in [-0.2, 0) is 6.42 Å². The Labute approximate surface area is 110 Å². The van der Waals surface area contributed by atoms with Crippen LogP contribution in [0, 0.1) is 5.82 Å². The minimum absolute atomic E-state index is 0.305. The van der Waals surface area contributed by atoms with Crippen molar-refractivity contribution in [3.63, 3.8) is 0 Å². The van der Waals surface area contributed by atoms with Gasteiger partial charge in [-0.05, 0) is 36.2 Å². The first-order valence-electron chi connectivity index (χ1n) is 5.99. The lowest BCUT2D eigenvalue weighted by Crippen LogP contribution is -2.11. The van der Waals surface area contributed by atoms with Crippen LogP contribution in [0.25, 0.3) is 0 Å². The summed E-state index contributed by atoms with van der Waals surface area (Å²) in [6.07, 6.45) is 0.908. The maximum Gasteiger partial charge on any atom is 0.255 e. The van der Waals surface area contributed by atoms with Gasteiger partial charge in [-0.1, -0.05) is 19.1 Å². The van der Waals surface area contributed by atoms with E-state index in [1.807, 2.05) is 19.1 Å². The molecule has 2 N–H and O–H groups in total. The van der Waals surface area contributed by atoms with E-state index in [9.17, 15) is 9.18 Å². The molecule has 0 saturated carbocycles. The van der Waals surface area contributed by atoms with E-state index in [1.54, 1.807) is 12.1 Å². The number of carbonyl (C=O) groups is 1. The number of benzene rings is 2. The number of halogens is 1. The van der Waals surface area contributed by atoms with Crippen LogP contribution in [0.2, 0.25) is 0 Å². The van der Waals surface area contributed by atoms with E-state index < -0.39 is 11.6 Å². The second kappa shape index (κ2) is 5.52. The summed E-state index contributed by atoms with van der Waals surface area (Å²) in [5.74, 6) is -1.52. The van der Waals surface area contributed by atoms with E-state index in [-0.39, 0.29) is 5.91 Å². The number of carbonyl (C=O) groups excluding carboxylic acids is 1. The SMILES string of the molecule is CCc1ccc(C(=O)Nc2ccc(O)c(F)c2)cc1. The normalized spacial score (nSPS) is 10.2. The Morgan fingerprint density at radius 2 is 1.89 bits per heavy atom. The first-order chi connectivity index (χ1) is 9.10. The number of phenolic OH excluding ortho intramolecular Hbond substituents is 1. The highest BCUT2D eigenvalue weighted by Gasteiger charge is 2.07. The molecule has 2 aromatic carbocycles. The predicted octanol–water partition coefficient (Wildman–Crippen LogP) is 3.35. The van der Waals surface area contributed by atoms with Crippen LogP contribution < -0.4 is 5.32 Å². The lowest BCUT2D eigenvalue weighted by molar-refractivity contribution is 0.102. The summed E-state index contributed by atoms with van der Waals surface area (Å²) < 4.78 is 13.1. The van der Waals surface area contributed by atoms with Gasteiger partial charge < -0.3 is 10.4 Å².